The summed E-state index contributed by atoms with van der Waals surface area (Å²) in [5.41, 5.74) is 3.10. The number of amides is 1. The fourth-order valence-electron chi connectivity index (χ4n) is 1.95. The molecule has 0 unspecified atom stereocenters. The average molecular weight is 277 g/mol. The lowest BCUT2D eigenvalue weighted by molar-refractivity contribution is 0.102. The monoisotopic (exact) mass is 277 g/mol. The number of carbonyl (C=O) groups excluding carboxylic acids is 2. The van der Waals surface area contributed by atoms with Crippen molar-refractivity contribution in [1.82, 2.24) is 9.97 Å². The highest BCUT2D eigenvalue weighted by Crippen LogP contribution is 2.14. The van der Waals surface area contributed by atoms with Crippen LogP contribution in [0.1, 0.15) is 20.7 Å². The number of rotatable bonds is 3. The molecule has 0 atom stereocenters. The Labute approximate surface area is 120 Å². The number of nitrogens with one attached hydrogen (secondary N) is 1. The summed E-state index contributed by atoms with van der Waals surface area (Å²) < 4.78 is 0. The Balaban J connectivity index is 1.84. The molecule has 1 aromatic heterocycles. The quantitative estimate of drug-likeness (QED) is 0.747. The third-order valence-corrected chi connectivity index (χ3v) is 3.04. The number of hydrogen-bond donors (Lipinski definition) is 1. The van der Waals surface area contributed by atoms with Crippen LogP contribution >= 0.6 is 0 Å². The van der Waals surface area contributed by atoms with Crippen molar-refractivity contribution in [2.24, 2.45) is 0 Å². The molecule has 3 aromatic rings. The van der Waals surface area contributed by atoms with E-state index in [0.29, 0.717) is 22.3 Å². The van der Waals surface area contributed by atoms with Crippen molar-refractivity contribution in [3.63, 3.8) is 0 Å². The summed E-state index contributed by atoms with van der Waals surface area (Å²) in [7, 11) is 0. The van der Waals surface area contributed by atoms with Gasteiger partial charge in [-0.1, -0.05) is 0 Å². The summed E-state index contributed by atoms with van der Waals surface area (Å²) in [4.78, 5) is 31.1. The molecular weight excluding hydrogens is 266 g/mol. The predicted molar refractivity (Wildman–Crippen MR) is 79.3 cm³/mol. The van der Waals surface area contributed by atoms with Crippen molar-refractivity contribution in [3.05, 3.63) is 66.0 Å². The minimum atomic E-state index is -0.235. The molecule has 5 heteroatoms. The zero-order chi connectivity index (χ0) is 14.7. The first-order valence-electron chi connectivity index (χ1n) is 6.33. The zero-order valence-corrected chi connectivity index (χ0v) is 11.0. The summed E-state index contributed by atoms with van der Waals surface area (Å²) in [5, 5.41) is 2.77. The Morgan fingerprint density at radius 3 is 2.38 bits per heavy atom. The standard InChI is InChI=1S/C16H11N3O2/c20-10-11-1-4-13(5-2-11)19-16(21)12-3-6-14-15(9-12)18-8-7-17-14/h1-10H,(H,19,21). The van der Waals surface area contributed by atoms with Crippen molar-refractivity contribution in [1.29, 1.82) is 0 Å². The van der Waals surface area contributed by atoms with Gasteiger partial charge in [0, 0.05) is 29.2 Å². The van der Waals surface area contributed by atoms with E-state index in [-0.39, 0.29) is 5.91 Å². The van der Waals surface area contributed by atoms with E-state index in [1.165, 1.54) is 0 Å². The van der Waals surface area contributed by atoms with Crippen molar-refractivity contribution in [2.45, 2.75) is 0 Å². The maximum absolute atomic E-state index is 12.2. The number of fused-ring (bicyclic) bond motifs is 1. The molecule has 0 saturated carbocycles. The van der Waals surface area contributed by atoms with Gasteiger partial charge in [0.05, 0.1) is 11.0 Å². The molecule has 0 saturated heterocycles. The molecule has 0 aliphatic rings. The Bertz CT molecular complexity index is 813. The van der Waals surface area contributed by atoms with Gasteiger partial charge in [-0.25, -0.2) is 0 Å². The molecule has 0 aliphatic heterocycles. The van der Waals surface area contributed by atoms with Crippen LogP contribution in [0.5, 0.6) is 0 Å². The topological polar surface area (TPSA) is 72.0 Å². The number of hydrogen-bond acceptors (Lipinski definition) is 4. The Morgan fingerprint density at radius 2 is 1.67 bits per heavy atom. The van der Waals surface area contributed by atoms with E-state index in [4.69, 9.17) is 0 Å². The first-order chi connectivity index (χ1) is 10.3. The van der Waals surface area contributed by atoms with Gasteiger partial charge in [-0.3, -0.25) is 19.6 Å². The molecule has 3 rings (SSSR count). The maximum Gasteiger partial charge on any atom is 0.255 e. The van der Waals surface area contributed by atoms with E-state index >= 15 is 0 Å². The molecule has 102 valence electrons. The highest BCUT2D eigenvalue weighted by molar-refractivity contribution is 6.05. The molecule has 0 spiro atoms. The van der Waals surface area contributed by atoms with E-state index in [1.807, 2.05) is 0 Å². The first-order valence-corrected chi connectivity index (χ1v) is 6.33. The van der Waals surface area contributed by atoms with Crippen LogP contribution in [-0.4, -0.2) is 22.2 Å². The van der Waals surface area contributed by atoms with Crippen LogP contribution < -0.4 is 5.32 Å². The van der Waals surface area contributed by atoms with Gasteiger partial charge in [0.15, 0.2) is 0 Å². The Morgan fingerprint density at radius 1 is 0.952 bits per heavy atom. The van der Waals surface area contributed by atoms with Crippen LogP contribution in [0.2, 0.25) is 0 Å². The van der Waals surface area contributed by atoms with E-state index in [0.717, 1.165) is 11.8 Å². The van der Waals surface area contributed by atoms with Crippen LogP contribution in [0.25, 0.3) is 11.0 Å². The first kappa shape index (κ1) is 12.9. The molecule has 1 N–H and O–H groups in total. The second-order valence-corrected chi connectivity index (χ2v) is 4.45. The van der Waals surface area contributed by atoms with Gasteiger partial charge in [-0.15, -0.1) is 0 Å². The normalized spacial score (nSPS) is 10.3. The van der Waals surface area contributed by atoms with Gasteiger partial charge in [-0.2, -0.15) is 0 Å². The van der Waals surface area contributed by atoms with E-state index in [1.54, 1.807) is 54.9 Å². The Kier molecular flexibility index (Phi) is 3.39. The average Bonchev–Trinajstić information content (AvgIpc) is 2.55. The lowest BCUT2D eigenvalue weighted by Crippen LogP contribution is -2.11. The summed E-state index contributed by atoms with van der Waals surface area (Å²) in [6, 6.07) is 11.8. The molecular formula is C16H11N3O2. The van der Waals surface area contributed by atoms with Crippen molar-refractivity contribution >= 4 is 28.9 Å². The SMILES string of the molecule is O=Cc1ccc(NC(=O)c2ccc3nccnc3c2)cc1. The molecule has 0 aliphatic carbocycles. The van der Waals surface area contributed by atoms with Crippen molar-refractivity contribution < 1.29 is 9.59 Å². The van der Waals surface area contributed by atoms with Crippen LogP contribution in [-0.2, 0) is 0 Å². The van der Waals surface area contributed by atoms with Crippen molar-refractivity contribution in [2.75, 3.05) is 5.32 Å². The van der Waals surface area contributed by atoms with Gasteiger partial charge in [0.1, 0.15) is 6.29 Å². The minimum Gasteiger partial charge on any atom is -0.322 e. The fraction of sp³-hybridized carbons (Fsp3) is 0. The van der Waals surface area contributed by atoms with Gasteiger partial charge in [0.25, 0.3) is 5.91 Å². The van der Waals surface area contributed by atoms with E-state index in [9.17, 15) is 9.59 Å². The van der Waals surface area contributed by atoms with Gasteiger partial charge < -0.3 is 5.32 Å². The number of nitrogens with zero attached hydrogens (tertiary/aromatic N) is 2. The minimum absolute atomic E-state index is 0.235. The molecule has 0 fully saturated rings. The van der Waals surface area contributed by atoms with Gasteiger partial charge in [-0.05, 0) is 42.5 Å². The smallest absolute Gasteiger partial charge is 0.255 e. The molecule has 1 amide bonds. The summed E-state index contributed by atoms with van der Waals surface area (Å²) in [6.45, 7) is 0. The van der Waals surface area contributed by atoms with Crippen LogP contribution in [0, 0.1) is 0 Å². The summed E-state index contributed by atoms with van der Waals surface area (Å²) in [6.07, 6.45) is 3.95. The number of benzene rings is 2. The maximum atomic E-state index is 12.2. The molecule has 21 heavy (non-hydrogen) atoms. The zero-order valence-electron chi connectivity index (χ0n) is 11.0. The third kappa shape index (κ3) is 2.76. The van der Waals surface area contributed by atoms with E-state index < -0.39 is 0 Å². The largest absolute Gasteiger partial charge is 0.322 e. The second-order valence-electron chi connectivity index (χ2n) is 4.45. The molecule has 2 aromatic carbocycles. The number of aldehydes is 1. The van der Waals surface area contributed by atoms with Crippen LogP contribution in [0.4, 0.5) is 5.69 Å². The lowest BCUT2D eigenvalue weighted by Gasteiger charge is -2.06. The van der Waals surface area contributed by atoms with Crippen LogP contribution in [0.3, 0.4) is 0 Å². The molecule has 5 nitrogen and oxygen atoms in total. The summed E-state index contributed by atoms with van der Waals surface area (Å²) in [5.74, 6) is -0.235. The van der Waals surface area contributed by atoms with Gasteiger partial charge >= 0.3 is 0 Å². The molecule has 1 heterocycles. The fourth-order valence-corrected chi connectivity index (χ4v) is 1.95. The van der Waals surface area contributed by atoms with Gasteiger partial charge in [0.2, 0.25) is 0 Å². The highest BCUT2D eigenvalue weighted by atomic mass is 16.1. The highest BCUT2D eigenvalue weighted by Gasteiger charge is 2.07. The predicted octanol–water partition coefficient (Wildman–Crippen LogP) is 2.69. The second kappa shape index (κ2) is 5.50. The number of aromatic nitrogens is 2. The Hall–Kier alpha value is -3.08. The number of anilines is 1. The van der Waals surface area contributed by atoms with Crippen molar-refractivity contribution in [3.8, 4) is 0 Å². The van der Waals surface area contributed by atoms with E-state index in [2.05, 4.69) is 15.3 Å². The van der Waals surface area contributed by atoms with Crippen LogP contribution in [0.15, 0.2) is 54.9 Å². The number of carbonyl (C=O) groups is 2. The summed E-state index contributed by atoms with van der Waals surface area (Å²) >= 11 is 0. The third-order valence-electron chi connectivity index (χ3n) is 3.04. The molecule has 0 radical (unpaired) electrons. The molecule has 0 bridgehead atoms. The lowest BCUT2D eigenvalue weighted by atomic mass is 10.1.